The van der Waals surface area contributed by atoms with E-state index in [0.717, 1.165) is 0 Å². The van der Waals surface area contributed by atoms with Gasteiger partial charge >= 0.3 is 0 Å². The molecular formula is C16H26I2S. The standard InChI is InChI=1S/C16H26I2S/c1-2-3-4-5-6-7-8-9-10-11-12-14-13-15(17)19-16(14)18/h13H,2-12H2,1H3. The van der Waals surface area contributed by atoms with Crippen LogP contribution >= 0.6 is 56.5 Å². The zero-order valence-corrected chi connectivity index (χ0v) is 17.2. The minimum atomic E-state index is 1.29. The molecule has 0 unspecified atom stereocenters. The van der Waals surface area contributed by atoms with Crippen molar-refractivity contribution in [3.8, 4) is 0 Å². The highest BCUT2D eigenvalue weighted by Gasteiger charge is 2.04. The maximum atomic E-state index is 2.49. The first kappa shape index (κ1) is 18.2. The molecule has 0 bridgehead atoms. The Balaban J connectivity index is 1.90. The first-order chi connectivity index (χ1) is 9.24. The second-order valence-electron chi connectivity index (χ2n) is 5.28. The third-order valence-corrected chi connectivity index (χ3v) is 6.61. The molecule has 3 heteroatoms. The van der Waals surface area contributed by atoms with Crippen LogP contribution in [0, 0.1) is 5.77 Å². The molecule has 0 radical (unpaired) electrons. The summed E-state index contributed by atoms with van der Waals surface area (Å²) in [5.41, 5.74) is 1.58. The first-order valence-electron chi connectivity index (χ1n) is 7.67. The molecular weight excluding hydrogens is 478 g/mol. The molecule has 1 heterocycles. The number of unbranched alkanes of at least 4 members (excludes halogenated alkanes) is 9. The fourth-order valence-electron chi connectivity index (χ4n) is 2.35. The van der Waals surface area contributed by atoms with Gasteiger partial charge in [0.2, 0.25) is 0 Å². The lowest BCUT2D eigenvalue weighted by Crippen LogP contribution is -1.86. The Morgan fingerprint density at radius 3 is 1.84 bits per heavy atom. The quantitative estimate of drug-likeness (QED) is 0.217. The summed E-state index contributed by atoms with van der Waals surface area (Å²) in [6.45, 7) is 2.29. The molecule has 0 nitrogen and oxygen atoms in total. The first-order valence-corrected chi connectivity index (χ1v) is 10.6. The van der Waals surface area contributed by atoms with Crippen LogP contribution in [0.2, 0.25) is 0 Å². The van der Waals surface area contributed by atoms with Crippen LogP contribution in [-0.2, 0) is 6.42 Å². The molecule has 19 heavy (non-hydrogen) atoms. The second-order valence-corrected chi connectivity index (χ2v) is 10.0. The molecule has 0 aliphatic rings. The minimum Gasteiger partial charge on any atom is -0.123 e. The van der Waals surface area contributed by atoms with Gasteiger partial charge in [-0.3, -0.25) is 0 Å². The molecule has 0 fully saturated rings. The maximum absolute atomic E-state index is 2.49. The Hall–Kier alpha value is 1.16. The van der Waals surface area contributed by atoms with Crippen molar-refractivity contribution in [1.82, 2.24) is 0 Å². The topological polar surface area (TPSA) is 0 Å². The van der Waals surface area contributed by atoms with E-state index in [0.29, 0.717) is 0 Å². The Morgan fingerprint density at radius 1 is 0.842 bits per heavy atom. The summed E-state index contributed by atoms with van der Waals surface area (Å²) < 4.78 is 2.93. The zero-order chi connectivity index (χ0) is 13.9. The van der Waals surface area contributed by atoms with Gasteiger partial charge in [-0.2, -0.15) is 0 Å². The van der Waals surface area contributed by atoms with Crippen molar-refractivity contribution in [1.29, 1.82) is 0 Å². The van der Waals surface area contributed by atoms with Crippen LogP contribution in [0.3, 0.4) is 0 Å². The van der Waals surface area contributed by atoms with E-state index < -0.39 is 0 Å². The summed E-state index contributed by atoms with van der Waals surface area (Å²) in [5, 5.41) is 0. The average Bonchev–Trinajstić information content (AvgIpc) is 2.70. The molecule has 0 saturated carbocycles. The van der Waals surface area contributed by atoms with Gasteiger partial charge in [-0.25, -0.2) is 0 Å². The highest BCUT2D eigenvalue weighted by atomic mass is 127. The van der Waals surface area contributed by atoms with Crippen molar-refractivity contribution in [2.24, 2.45) is 0 Å². The highest BCUT2D eigenvalue weighted by molar-refractivity contribution is 14.1. The number of rotatable bonds is 11. The molecule has 110 valence electrons. The molecule has 0 spiro atoms. The predicted octanol–water partition coefficient (Wildman–Crippen LogP) is 7.42. The average molecular weight is 504 g/mol. The van der Waals surface area contributed by atoms with Gasteiger partial charge < -0.3 is 0 Å². The largest absolute Gasteiger partial charge is 0.123 e. The molecule has 1 aromatic rings. The molecule has 0 N–H and O–H groups in total. The van der Waals surface area contributed by atoms with Crippen molar-refractivity contribution in [2.75, 3.05) is 0 Å². The van der Waals surface area contributed by atoms with E-state index in [-0.39, 0.29) is 0 Å². The van der Waals surface area contributed by atoms with E-state index >= 15 is 0 Å². The lowest BCUT2D eigenvalue weighted by molar-refractivity contribution is 0.556. The number of hydrogen-bond acceptors (Lipinski definition) is 1. The number of aryl methyl sites for hydroxylation is 1. The number of halogens is 2. The fraction of sp³-hybridized carbons (Fsp3) is 0.750. The fourth-order valence-corrected chi connectivity index (χ4v) is 6.45. The summed E-state index contributed by atoms with van der Waals surface area (Å²) in [6, 6.07) is 2.36. The Bertz CT molecular complexity index is 333. The monoisotopic (exact) mass is 504 g/mol. The Morgan fingerprint density at radius 2 is 1.37 bits per heavy atom. The summed E-state index contributed by atoms with van der Waals surface area (Å²) >= 11 is 6.84. The van der Waals surface area contributed by atoms with Crippen LogP contribution in [0.1, 0.15) is 76.7 Å². The van der Waals surface area contributed by atoms with Gasteiger partial charge in [0.15, 0.2) is 0 Å². The third-order valence-electron chi connectivity index (χ3n) is 3.53. The predicted molar refractivity (Wildman–Crippen MR) is 105 cm³/mol. The molecule has 0 saturated heterocycles. The molecule has 0 atom stereocenters. The van der Waals surface area contributed by atoms with Gasteiger partial charge in [-0.15, -0.1) is 11.3 Å². The zero-order valence-electron chi connectivity index (χ0n) is 12.0. The lowest BCUT2D eigenvalue weighted by Gasteiger charge is -2.02. The van der Waals surface area contributed by atoms with Gasteiger partial charge in [0.05, 0.1) is 5.77 Å². The SMILES string of the molecule is CCCCCCCCCCCCc1cc(I)sc1I. The van der Waals surface area contributed by atoms with Crippen LogP contribution in [-0.4, -0.2) is 0 Å². The van der Waals surface area contributed by atoms with E-state index in [1.54, 1.807) is 5.56 Å². The summed E-state index contributed by atoms with van der Waals surface area (Å²) in [6.07, 6.45) is 15.6. The van der Waals surface area contributed by atoms with E-state index in [9.17, 15) is 0 Å². The normalized spacial score (nSPS) is 11.1. The summed E-state index contributed by atoms with van der Waals surface area (Å²) in [4.78, 5) is 0. The lowest BCUT2D eigenvalue weighted by atomic mass is 10.0. The van der Waals surface area contributed by atoms with Crippen molar-refractivity contribution in [2.45, 2.75) is 77.6 Å². The highest BCUT2D eigenvalue weighted by Crippen LogP contribution is 2.26. The molecule has 1 aromatic heterocycles. The maximum Gasteiger partial charge on any atom is 0.0696 e. The van der Waals surface area contributed by atoms with Crippen LogP contribution in [0.5, 0.6) is 0 Å². The Kier molecular flexibility index (Phi) is 11.3. The van der Waals surface area contributed by atoms with Crippen molar-refractivity contribution >= 4 is 56.5 Å². The van der Waals surface area contributed by atoms with Gasteiger partial charge in [-0.05, 0) is 69.7 Å². The van der Waals surface area contributed by atoms with Gasteiger partial charge in [0, 0.05) is 0 Å². The van der Waals surface area contributed by atoms with E-state index in [2.05, 4.69) is 58.2 Å². The molecule has 0 aliphatic carbocycles. The minimum absolute atomic E-state index is 1.29. The van der Waals surface area contributed by atoms with Crippen LogP contribution in [0.15, 0.2) is 6.07 Å². The van der Waals surface area contributed by atoms with E-state index in [4.69, 9.17) is 0 Å². The van der Waals surface area contributed by atoms with E-state index in [1.807, 2.05) is 11.3 Å². The van der Waals surface area contributed by atoms with Gasteiger partial charge in [-0.1, -0.05) is 64.7 Å². The number of hydrogen-bond donors (Lipinski definition) is 0. The van der Waals surface area contributed by atoms with E-state index in [1.165, 1.54) is 76.4 Å². The third kappa shape index (κ3) is 8.91. The summed E-state index contributed by atoms with van der Waals surface area (Å²) in [5.74, 6) is 0. The van der Waals surface area contributed by atoms with Crippen molar-refractivity contribution in [3.63, 3.8) is 0 Å². The molecule has 0 amide bonds. The van der Waals surface area contributed by atoms with Crippen LogP contribution in [0.4, 0.5) is 0 Å². The smallest absolute Gasteiger partial charge is 0.0696 e. The van der Waals surface area contributed by atoms with Gasteiger partial charge in [0.25, 0.3) is 0 Å². The van der Waals surface area contributed by atoms with Crippen LogP contribution < -0.4 is 0 Å². The molecule has 0 aliphatic heterocycles. The second kappa shape index (κ2) is 11.8. The molecule has 1 rings (SSSR count). The van der Waals surface area contributed by atoms with Gasteiger partial charge in [0.1, 0.15) is 0 Å². The molecule has 0 aromatic carbocycles. The number of thiophene rings is 1. The van der Waals surface area contributed by atoms with Crippen molar-refractivity contribution in [3.05, 3.63) is 17.4 Å². The van der Waals surface area contributed by atoms with Crippen LogP contribution in [0.25, 0.3) is 0 Å². The summed E-state index contributed by atoms with van der Waals surface area (Å²) in [7, 11) is 0. The van der Waals surface area contributed by atoms with Crippen molar-refractivity contribution < 1.29 is 0 Å². The Labute approximate surface area is 150 Å².